The second kappa shape index (κ2) is 8.82. The maximum atomic E-state index is 3.47. The Morgan fingerprint density at radius 3 is 2.17 bits per heavy atom. The molecule has 5 nitrogen and oxygen atoms in total. The van der Waals surface area contributed by atoms with E-state index in [9.17, 15) is 0 Å². The molecule has 0 aliphatic heterocycles. The highest BCUT2D eigenvalue weighted by Crippen LogP contribution is 2.14. The van der Waals surface area contributed by atoms with Crippen LogP contribution in [-0.4, -0.2) is 43.0 Å². The van der Waals surface area contributed by atoms with E-state index in [4.69, 9.17) is 0 Å². The van der Waals surface area contributed by atoms with Gasteiger partial charge in [-0.05, 0) is 47.7 Å². The molecule has 110 valence electrons. The van der Waals surface area contributed by atoms with Crippen LogP contribution in [0.5, 0.6) is 0 Å². The molecule has 0 amide bonds. The number of likely N-dealkylation sites (N-methyl/N-ethyl adjacent to an activating group) is 2. The third-order valence-electron chi connectivity index (χ3n) is 2.89. The fourth-order valence-electron chi connectivity index (χ4n) is 1.94. The lowest BCUT2D eigenvalue weighted by atomic mass is 10.0. The Bertz CT molecular complexity index is 206. The fourth-order valence-corrected chi connectivity index (χ4v) is 1.94. The van der Waals surface area contributed by atoms with Gasteiger partial charge in [-0.3, -0.25) is 0 Å². The molecule has 0 spiro atoms. The molecule has 1 unspecified atom stereocenters. The summed E-state index contributed by atoms with van der Waals surface area (Å²) in [6, 6.07) is 0.396. The Labute approximate surface area is 113 Å². The zero-order valence-electron chi connectivity index (χ0n) is 13.2. The van der Waals surface area contributed by atoms with Crippen molar-refractivity contribution in [2.45, 2.75) is 65.7 Å². The maximum Gasteiger partial charge on any atom is 0.0782 e. The van der Waals surface area contributed by atoms with Gasteiger partial charge >= 0.3 is 0 Å². The monoisotopic (exact) mass is 259 g/mol. The molecule has 0 aromatic rings. The average Bonchev–Trinajstić information content (AvgIpc) is 2.30. The lowest BCUT2D eigenvalue weighted by Crippen LogP contribution is -2.70. The first kappa shape index (κ1) is 17.8. The zero-order chi connectivity index (χ0) is 14.2. The van der Waals surface area contributed by atoms with Gasteiger partial charge in [-0.2, -0.15) is 5.12 Å². The SMILES string of the molecule is CCCNN(NC(C)C)C(C)(C)C(NC)NCC. The Morgan fingerprint density at radius 2 is 1.78 bits per heavy atom. The number of rotatable bonds is 10. The minimum absolute atomic E-state index is 0.0931. The molecule has 1 atom stereocenters. The lowest BCUT2D eigenvalue weighted by molar-refractivity contribution is -0.0343. The number of hydrogen-bond donors (Lipinski definition) is 4. The van der Waals surface area contributed by atoms with Crippen LogP contribution in [0.25, 0.3) is 0 Å². The smallest absolute Gasteiger partial charge is 0.0782 e. The molecular formula is C13H33N5. The molecule has 5 heteroatoms. The van der Waals surface area contributed by atoms with E-state index in [2.05, 4.69) is 68.1 Å². The zero-order valence-corrected chi connectivity index (χ0v) is 13.2. The normalized spacial score (nSPS) is 14.5. The van der Waals surface area contributed by atoms with Crippen LogP contribution in [0, 0.1) is 0 Å². The van der Waals surface area contributed by atoms with Crippen LogP contribution in [-0.2, 0) is 0 Å². The number of hydrogen-bond acceptors (Lipinski definition) is 5. The topological polar surface area (TPSA) is 51.4 Å². The van der Waals surface area contributed by atoms with Crippen LogP contribution in [0.15, 0.2) is 0 Å². The van der Waals surface area contributed by atoms with Gasteiger partial charge < -0.3 is 10.6 Å². The molecule has 4 N–H and O–H groups in total. The third kappa shape index (κ3) is 5.63. The van der Waals surface area contributed by atoms with Gasteiger partial charge in [0, 0.05) is 12.6 Å². The summed E-state index contributed by atoms with van der Waals surface area (Å²) in [5.74, 6) is 0. The van der Waals surface area contributed by atoms with E-state index in [1.54, 1.807) is 0 Å². The Balaban J connectivity index is 4.78. The first-order valence-electron chi connectivity index (χ1n) is 7.10. The van der Waals surface area contributed by atoms with Crippen molar-refractivity contribution in [3.8, 4) is 0 Å². The minimum atomic E-state index is -0.0931. The summed E-state index contributed by atoms with van der Waals surface area (Å²) < 4.78 is 0. The van der Waals surface area contributed by atoms with Crippen molar-refractivity contribution in [3.05, 3.63) is 0 Å². The van der Waals surface area contributed by atoms with Gasteiger partial charge in [-0.25, -0.2) is 10.9 Å². The predicted molar refractivity (Wildman–Crippen MR) is 79.0 cm³/mol. The van der Waals surface area contributed by atoms with E-state index < -0.39 is 0 Å². The van der Waals surface area contributed by atoms with Gasteiger partial charge in [0.1, 0.15) is 0 Å². The van der Waals surface area contributed by atoms with Crippen LogP contribution in [0.3, 0.4) is 0 Å². The molecule has 0 saturated carbocycles. The Kier molecular flexibility index (Phi) is 8.73. The van der Waals surface area contributed by atoms with Gasteiger partial charge in [0.15, 0.2) is 0 Å². The van der Waals surface area contributed by atoms with Crippen LogP contribution < -0.4 is 21.5 Å². The van der Waals surface area contributed by atoms with Gasteiger partial charge in [0.05, 0.1) is 11.7 Å². The van der Waals surface area contributed by atoms with Crippen LogP contribution in [0.4, 0.5) is 0 Å². The summed E-state index contributed by atoms with van der Waals surface area (Å²) in [6.07, 6.45) is 1.32. The molecular weight excluding hydrogens is 226 g/mol. The van der Waals surface area contributed by atoms with Gasteiger partial charge in [-0.15, -0.1) is 0 Å². The average molecular weight is 259 g/mol. The molecule has 0 aromatic heterocycles. The number of hydrazine groups is 2. The summed E-state index contributed by atoms with van der Waals surface area (Å²) in [4.78, 5) is 0. The second-order valence-electron chi connectivity index (χ2n) is 5.46. The van der Waals surface area contributed by atoms with Gasteiger partial charge in [0.2, 0.25) is 0 Å². The predicted octanol–water partition coefficient (Wildman–Crippen LogP) is 1.05. The largest absolute Gasteiger partial charge is 0.303 e. The summed E-state index contributed by atoms with van der Waals surface area (Å²) in [5.41, 5.74) is 6.83. The second-order valence-corrected chi connectivity index (χ2v) is 5.46. The van der Waals surface area contributed by atoms with Crippen LogP contribution in [0.1, 0.15) is 48.0 Å². The maximum absolute atomic E-state index is 3.47. The van der Waals surface area contributed by atoms with E-state index in [1.807, 2.05) is 7.05 Å². The quantitative estimate of drug-likeness (QED) is 0.349. The van der Waals surface area contributed by atoms with Gasteiger partial charge in [0.25, 0.3) is 0 Å². The Morgan fingerprint density at radius 1 is 1.17 bits per heavy atom. The standard InChI is InChI=1S/C13H33N5/c1-8-10-16-18(17-11(3)4)13(5,6)12(14-7)15-9-2/h11-12,14-17H,8-10H2,1-7H3. The van der Waals surface area contributed by atoms with E-state index in [1.165, 1.54) is 0 Å². The summed E-state index contributed by atoms with van der Waals surface area (Å²) in [6.45, 7) is 14.9. The molecule has 0 rings (SSSR count). The van der Waals surface area contributed by atoms with Crippen molar-refractivity contribution in [2.75, 3.05) is 20.1 Å². The number of nitrogens with one attached hydrogen (secondary N) is 4. The third-order valence-corrected chi connectivity index (χ3v) is 2.89. The highest BCUT2D eigenvalue weighted by molar-refractivity contribution is 4.89. The molecule has 0 aromatic carbocycles. The van der Waals surface area contributed by atoms with Crippen molar-refractivity contribution in [3.63, 3.8) is 0 Å². The number of nitrogens with zero attached hydrogens (tertiary/aromatic N) is 1. The first-order chi connectivity index (χ1) is 8.39. The van der Waals surface area contributed by atoms with Crippen molar-refractivity contribution < 1.29 is 0 Å². The van der Waals surface area contributed by atoms with E-state index in [0.29, 0.717) is 6.04 Å². The minimum Gasteiger partial charge on any atom is -0.303 e. The molecule has 0 saturated heterocycles. The van der Waals surface area contributed by atoms with Crippen molar-refractivity contribution >= 4 is 0 Å². The van der Waals surface area contributed by atoms with Crippen molar-refractivity contribution in [2.24, 2.45) is 0 Å². The first-order valence-corrected chi connectivity index (χ1v) is 7.10. The Hall–Kier alpha value is -0.200. The van der Waals surface area contributed by atoms with Crippen LogP contribution >= 0.6 is 0 Å². The summed E-state index contributed by atoms with van der Waals surface area (Å²) in [5, 5.41) is 8.94. The fraction of sp³-hybridized carbons (Fsp3) is 1.00. The molecule has 0 bridgehead atoms. The van der Waals surface area contributed by atoms with Crippen LogP contribution in [0.2, 0.25) is 0 Å². The van der Waals surface area contributed by atoms with Crippen molar-refractivity contribution in [1.29, 1.82) is 0 Å². The highest BCUT2D eigenvalue weighted by atomic mass is 15.8. The molecule has 0 fully saturated rings. The molecule has 0 radical (unpaired) electrons. The summed E-state index contributed by atoms with van der Waals surface area (Å²) >= 11 is 0. The van der Waals surface area contributed by atoms with E-state index >= 15 is 0 Å². The van der Waals surface area contributed by atoms with Crippen molar-refractivity contribution in [1.82, 2.24) is 26.6 Å². The molecule has 0 aliphatic rings. The molecule has 0 heterocycles. The lowest BCUT2D eigenvalue weighted by Gasteiger charge is -2.45. The molecule has 18 heavy (non-hydrogen) atoms. The van der Waals surface area contributed by atoms with E-state index in [0.717, 1.165) is 19.5 Å². The highest BCUT2D eigenvalue weighted by Gasteiger charge is 2.34. The molecule has 0 aliphatic carbocycles. The van der Waals surface area contributed by atoms with Gasteiger partial charge in [-0.1, -0.05) is 13.8 Å². The van der Waals surface area contributed by atoms with E-state index in [-0.39, 0.29) is 11.7 Å². The summed E-state index contributed by atoms with van der Waals surface area (Å²) in [7, 11) is 1.99.